The summed E-state index contributed by atoms with van der Waals surface area (Å²) in [6, 6.07) is 0.519. The van der Waals surface area contributed by atoms with E-state index in [0.717, 1.165) is 51.0 Å². The lowest BCUT2D eigenvalue weighted by Gasteiger charge is -2.34. The van der Waals surface area contributed by atoms with Crippen LogP contribution in [0.2, 0.25) is 0 Å². The molecule has 2 aliphatic heterocycles. The Kier molecular flexibility index (Phi) is 11.8. The van der Waals surface area contributed by atoms with Crippen molar-refractivity contribution in [3.05, 3.63) is 28.2 Å². The molecule has 3 heterocycles. The maximum absolute atomic E-state index is 4.72. The van der Waals surface area contributed by atoms with E-state index in [1.54, 1.807) is 11.3 Å². The van der Waals surface area contributed by atoms with Gasteiger partial charge in [0.25, 0.3) is 0 Å². The highest BCUT2D eigenvalue weighted by Gasteiger charge is 2.22. The number of hydrogen-bond donors (Lipinski definition) is 2. The number of halogens is 1. The topological polar surface area (TPSA) is 55.8 Å². The van der Waals surface area contributed by atoms with Crippen molar-refractivity contribution in [3.63, 3.8) is 0 Å². The number of aryl methyl sites for hydroxylation is 1. The lowest BCUT2D eigenvalue weighted by atomic mass is 9.97. The number of rotatable bonds is 8. The number of aliphatic imine (C=N–C) groups is 1. The van der Waals surface area contributed by atoms with Crippen molar-refractivity contribution in [3.8, 4) is 0 Å². The average Bonchev–Trinajstić information content (AvgIpc) is 3.20. The number of likely N-dealkylation sites (tertiary alicyclic amines) is 2. The first-order chi connectivity index (χ1) is 14.6. The summed E-state index contributed by atoms with van der Waals surface area (Å²) < 4.78 is 0. The van der Waals surface area contributed by atoms with Gasteiger partial charge in [0, 0.05) is 51.2 Å². The molecular formula is C23H41IN6S. The van der Waals surface area contributed by atoms with Gasteiger partial charge in [-0.1, -0.05) is 19.1 Å². The van der Waals surface area contributed by atoms with Crippen LogP contribution >= 0.6 is 35.3 Å². The third-order valence-electron chi connectivity index (χ3n) is 6.20. The Labute approximate surface area is 210 Å². The molecule has 0 aliphatic carbocycles. The Morgan fingerprint density at radius 3 is 2.45 bits per heavy atom. The van der Waals surface area contributed by atoms with E-state index in [1.165, 1.54) is 55.0 Å². The highest BCUT2D eigenvalue weighted by Crippen LogP contribution is 2.19. The van der Waals surface area contributed by atoms with E-state index in [9.17, 15) is 0 Å². The van der Waals surface area contributed by atoms with Crippen LogP contribution in [-0.4, -0.2) is 73.1 Å². The van der Waals surface area contributed by atoms with Gasteiger partial charge in [-0.3, -0.25) is 14.8 Å². The number of nitrogens with one attached hydrogen (secondary N) is 2. The summed E-state index contributed by atoms with van der Waals surface area (Å²) in [4.78, 5) is 14.2. The molecule has 0 unspecified atom stereocenters. The first-order valence-corrected chi connectivity index (χ1v) is 12.4. The molecule has 1 aromatic heterocycles. The van der Waals surface area contributed by atoms with Gasteiger partial charge in [-0.05, 0) is 58.0 Å². The minimum atomic E-state index is 0. The summed E-state index contributed by atoms with van der Waals surface area (Å²) in [6.07, 6.45) is 5.87. The van der Waals surface area contributed by atoms with Crippen molar-refractivity contribution in [2.45, 2.75) is 58.5 Å². The van der Waals surface area contributed by atoms with Gasteiger partial charge in [-0.25, -0.2) is 4.98 Å². The van der Waals surface area contributed by atoms with Gasteiger partial charge in [0.15, 0.2) is 5.96 Å². The molecule has 2 N–H and O–H groups in total. The highest BCUT2D eigenvalue weighted by atomic mass is 127. The molecule has 0 aromatic carbocycles. The molecule has 31 heavy (non-hydrogen) atoms. The zero-order valence-electron chi connectivity index (χ0n) is 19.5. The van der Waals surface area contributed by atoms with E-state index in [0.29, 0.717) is 6.04 Å². The van der Waals surface area contributed by atoms with E-state index in [1.807, 2.05) is 7.05 Å². The molecule has 8 heteroatoms. The summed E-state index contributed by atoms with van der Waals surface area (Å²) in [7, 11) is 1.88. The molecule has 0 radical (unpaired) electrons. The van der Waals surface area contributed by atoms with Crippen molar-refractivity contribution in [1.82, 2.24) is 25.4 Å². The average molecular weight is 561 g/mol. The number of aromatic nitrogens is 1. The zero-order chi connectivity index (χ0) is 21.3. The van der Waals surface area contributed by atoms with Crippen LogP contribution < -0.4 is 10.6 Å². The fraction of sp³-hybridized carbons (Fsp3) is 0.739. The standard InChI is InChI=1S/C23H40N6S.HI/c1-5-22-26-21(17-30-22)16-29-10-6-19(7-11-29)14-25-23(24-4)27-20-8-12-28(13-9-20)15-18(2)3;/h17,19-20H,2,5-16H2,1,3-4H3,(H2,24,25,27);1H. The van der Waals surface area contributed by atoms with Gasteiger partial charge < -0.3 is 10.6 Å². The second kappa shape index (κ2) is 13.7. The molecule has 2 aliphatic rings. The molecule has 3 rings (SSSR count). The summed E-state index contributed by atoms with van der Waals surface area (Å²) >= 11 is 1.79. The molecule has 1 aromatic rings. The molecule has 0 atom stereocenters. The van der Waals surface area contributed by atoms with E-state index in [2.05, 4.69) is 51.2 Å². The van der Waals surface area contributed by atoms with Crippen molar-refractivity contribution in [2.75, 3.05) is 46.3 Å². The molecular weight excluding hydrogens is 519 g/mol. The zero-order valence-corrected chi connectivity index (χ0v) is 22.7. The molecule has 0 amide bonds. The SMILES string of the molecule is C=C(C)CN1CCC(NC(=NC)NCC2CCN(Cc3csc(CC)n3)CC2)CC1.I. The van der Waals surface area contributed by atoms with E-state index in [-0.39, 0.29) is 24.0 Å². The monoisotopic (exact) mass is 560 g/mol. The van der Waals surface area contributed by atoms with E-state index < -0.39 is 0 Å². The fourth-order valence-corrected chi connectivity index (χ4v) is 5.14. The van der Waals surface area contributed by atoms with Crippen molar-refractivity contribution in [1.29, 1.82) is 0 Å². The minimum Gasteiger partial charge on any atom is -0.356 e. The number of guanidine groups is 1. The van der Waals surface area contributed by atoms with E-state index >= 15 is 0 Å². The van der Waals surface area contributed by atoms with Gasteiger partial charge in [-0.15, -0.1) is 35.3 Å². The predicted molar refractivity (Wildman–Crippen MR) is 144 cm³/mol. The van der Waals surface area contributed by atoms with Crippen LogP contribution in [0.25, 0.3) is 0 Å². The molecule has 2 fully saturated rings. The highest BCUT2D eigenvalue weighted by molar-refractivity contribution is 14.0. The van der Waals surface area contributed by atoms with Crippen molar-refractivity contribution < 1.29 is 0 Å². The Hall–Kier alpha value is -0.710. The van der Waals surface area contributed by atoms with Crippen molar-refractivity contribution >= 4 is 41.3 Å². The van der Waals surface area contributed by atoms with Gasteiger partial charge in [0.1, 0.15) is 0 Å². The van der Waals surface area contributed by atoms with Crippen LogP contribution in [0.1, 0.15) is 50.2 Å². The maximum atomic E-state index is 4.72. The fourth-order valence-electron chi connectivity index (χ4n) is 4.41. The Morgan fingerprint density at radius 1 is 1.19 bits per heavy atom. The first kappa shape index (κ1) is 26.5. The number of piperidine rings is 2. The maximum Gasteiger partial charge on any atom is 0.191 e. The Morgan fingerprint density at radius 2 is 1.87 bits per heavy atom. The normalized spacial score (nSPS) is 19.8. The van der Waals surface area contributed by atoms with Gasteiger partial charge in [0.05, 0.1) is 10.7 Å². The molecule has 2 saturated heterocycles. The largest absolute Gasteiger partial charge is 0.356 e. The third-order valence-corrected chi connectivity index (χ3v) is 7.24. The summed E-state index contributed by atoms with van der Waals surface area (Å²) in [5.74, 6) is 1.68. The summed E-state index contributed by atoms with van der Waals surface area (Å²) in [6.45, 7) is 16.0. The van der Waals surface area contributed by atoms with Crippen molar-refractivity contribution in [2.24, 2.45) is 10.9 Å². The van der Waals surface area contributed by atoms with Gasteiger partial charge in [-0.2, -0.15) is 0 Å². The van der Waals surface area contributed by atoms with Crippen LogP contribution in [0.3, 0.4) is 0 Å². The van der Waals surface area contributed by atoms with Crippen LogP contribution in [-0.2, 0) is 13.0 Å². The molecule has 0 saturated carbocycles. The van der Waals surface area contributed by atoms with Gasteiger partial charge in [0.2, 0.25) is 0 Å². The summed E-state index contributed by atoms with van der Waals surface area (Å²) in [5.41, 5.74) is 2.49. The number of hydrogen-bond acceptors (Lipinski definition) is 5. The number of thiazole rings is 1. The third kappa shape index (κ3) is 8.98. The lowest BCUT2D eigenvalue weighted by molar-refractivity contribution is 0.176. The first-order valence-electron chi connectivity index (χ1n) is 11.5. The van der Waals surface area contributed by atoms with Crippen LogP contribution in [0.15, 0.2) is 22.5 Å². The summed E-state index contributed by atoms with van der Waals surface area (Å²) in [5, 5.41) is 10.7. The van der Waals surface area contributed by atoms with Crippen LogP contribution in [0.5, 0.6) is 0 Å². The molecule has 0 spiro atoms. The van der Waals surface area contributed by atoms with Gasteiger partial charge >= 0.3 is 0 Å². The smallest absolute Gasteiger partial charge is 0.191 e. The second-order valence-electron chi connectivity index (χ2n) is 8.91. The van der Waals surface area contributed by atoms with Crippen LogP contribution in [0, 0.1) is 5.92 Å². The number of nitrogens with zero attached hydrogens (tertiary/aromatic N) is 4. The lowest BCUT2D eigenvalue weighted by Crippen LogP contribution is -2.50. The molecule has 176 valence electrons. The molecule has 6 nitrogen and oxygen atoms in total. The van der Waals surface area contributed by atoms with E-state index in [4.69, 9.17) is 4.98 Å². The predicted octanol–water partition coefficient (Wildman–Crippen LogP) is 3.74. The molecule has 0 bridgehead atoms. The van der Waals surface area contributed by atoms with Crippen LogP contribution in [0.4, 0.5) is 0 Å². The Bertz CT molecular complexity index is 690. The second-order valence-corrected chi connectivity index (χ2v) is 9.85. The Balaban J connectivity index is 0.00000341. The quantitative estimate of drug-likeness (QED) is 0.220. The minimum absolute atomic E-state index is 0.